The molecule has 2 nitrogen and oxygen atoms in total. The molecule has 2 N–H and O–H groups in total. The van der Waals surface area contributed by atoms with Gasteiger partial charge in [0.25, 0.3) is 0 Å². The SMILES string of the molecule is CC(Cc1cccs1)NC1CCCCCC1O. The average molecular weight is 253 g/mol. The van der Waals surface area contributed by atoms with E-state index in [1.165, 1.54) is 24.1 Å². The molecule has 0 radical (unpaired) electrons. The minimum atomic E-state index is -0.150. The highest BCUT2D eigenvalue weighted by Crippen LogP contribution is 2.19. The lowest BCUT2D eigenvalue weighted by Crippen LogP contribution is -2.44. The van der Waals surface area contributed by atoms with Crippen LogP contribution in [0, 0.1) is 0 Å². The Kier molecular flexibility index (Phi) is 5.01. The molecule has 3 atom stereocenters. The monoisotopic (exact) mass is 253 g/mol. The molecule has 0 spiro atoms. The van der Waals surface area contributed by atoms with Crippen molar-refractivity contribution in [3.05, 3.63) is 22.4 Å². The van der Waals surface area contributed by atoms with Gasteiger partial charge < -0.3 is 10.4 Å². The Hall–Kier alpha value is -0.380. The van der Waals surface area contributed by atoms with E-state index in [0.29, 0.717) is 12.1 Å². The van der Waals surface area contributed by atoms with Gasteiger partial charge in [-0.3, -0.25) is 0 Å². The highest BCUT2D eigenvalue weighted by Gasteiger charge is 2.22. The van der Waals surface area contributed by atoms with Crippen molar-refractivity contribution in [2.24, 2.45) is 0 Å². The summed E-state index contributed by atoms with van der Waals surface area (Å²) in [6, 6.07) is 5.04. The lowest BCUT2D eigenvalue weighted by Gasteiger charge is -2.25. The molecule has 1 heterocycles. The van der Waals surface area contributed by atoms with E-state index in [1.54, 1.807) is 0 Å². The standard InChI is InChI=1S/C14H23NOS/c1-11(10-12-6-5-9-17-12)15-13-7-3-2-4-8-14(13)16/h5-6,9,11,13-16H,2-4,7-8,10H2,1H3. The predicted molar refractivity (Wildman–Crippen MR) is 73.5 cm³/mol. The summed E-state index contributed by atoms with van der Waals surface area (Å²) in [5, 5.41) is 15.8. The summed E-state index contributed by atoms with van der Waals surface area (Å²) >= 11 is 1.82. The van der Waals surface area contributed by atoms with Crippen molar-refractivity contribution < 1.29 is 5.11 Å². The van der Waals surface area contributed by atoms with Gasteiger partial charge in [-0.2, -0.15) is 0 Å². The van der Waals surface area contributed by atoms with Crippen molar-refractivity contribution in [3.8, 4) is 0 Å². The van der Waals surface area contributed by atoms with E-state index in [9.17, 15) is 5.11 Å². The summed E-state index contributed by atoms with van der Waals surface area (Å²) in [5.41, 5.74) is 0. The molecule has 1 saturated carbocycles. The summed E-state index contributed by atoms with van der Waals surface area (Å²) in [4.78, 5) is 1.42. The van der Waals surface area contributed by atoms with Crippen molar-refractivity contribution in [1.82, 2.24) is 5.32 Å². The van der Waals surface area contributed by atoms with E-state index in [2.05, 4.69) is 29.8 Å². The quantitative estimate of drug-likeness (QED) is 0.809. The minimum absolute atomic E-state index is 0.150. The van der Waals surface area contributed by atoms with Crippen LogP contribution in [-0.4, -0.2) is 23.3 Å². The molecule has 1 aliphatic rings. The number of rotatable bonds is 4. The second-order valence-corrected chi connectivity index (χ2v) is 6.20. The maximum Gasteiger partial charge on any atom is 0.0693 e. The fourth-order valence-electron chi connectivity index (χ4n) is 2.64. The first-order chi connectivity index (χ1) is 8.25. The van der Waals surface area contributed by atoms with E-state index >= 15 is 0 Å². The van der Waals surface area contributed by atoms with Crippen LogP contribution in [-0.2, 0) is 6.42 Å². The molecule has 0 saturated heterocycles. The maximum atomic E-state index is 10.1. The molecule has 0 amide bonds. The van der Waals surface area contributed by atoms with Gasteiger partial charge >= 0.3 is 0 Å². The smallest absolute Gasteiger partial charge is 0.0693 e. The fraction of sp³-hybridized carbons (Fsp3) is 0.714. The second kappa shape index (κ2) is 6.53. The number of hydrogen-bond acceptors (Lipinski definition) is 3. The Morgan fingerprint density at radius 2 is 2.24 bits per heavy atom. The Morgan fingerprint density at radius 1 is 1.41 bits per heavy atom. The Morgan fingerprint density at radius 3 is 3.00 bits per heavy atom. The normalized spacial score (nSPS) is 27.6. The van der Waals surface area contributed by atoms with Crippen LogP contribution < -0.4 is 5.32 Å². The summed E-state index contributed by atoms with van der Waals surface area (Å²) in [6.07, 6.45) is 6.71. The minimum Gasteiger partial charge on any atom is -0.392 e. The first kappa shape index (κ1) is 13.1. The highest BCUT2D eigenvalue weighted by atomic mass is 32.1. The van der Waals surface area contributed by atoms with Crippen LogP contribution in [0.15, 0.2) is 17.5 Å². The zero-order valence-electron chi connectivity index (χ0n) is 10.6. The topological polar surface area (TPSA) is 32.3 Å². The lowest BCUT2D eigenvalue weighted by atomic mass is 10.0. The van der Waals surface area contributed by atoms with Crippen molar-refractivity contribution in [2.75, 3.05) is 0 Å². The van der Waals surface area contributed by atoms with Crippen molar-refractivity contribution in [3.63, 3.8) is 0 Å². The first-order valence-electron chi connectivity index (χ1n) is 6.72. The van der Waals surface area contributed by atoms with Gasteiger partial charge in [0.2, 0.25) is 0 Å². The van der Waals surface area contributed by atoms with E-state index in [-0.39, 0.29) is 6.10 Å². The van der Waals surface area contributed by atoms with Gasteiger partial charge in [-0.05, 0) is 37.6 Å². The Labute approximate surface area is 108 Å². The maximum absolute atomic E-state index is 10.1. The van der Waals surface area contributed by atoms with Crippen LogP contribution >= 0.6 is 11.3 Å². The lowest BCUT2D eigenvalue weighted by molar-refractivity contribution is 0.115. The summed E-state index contributed by atoms with van der Waals surface area (Å²) in [5.74, 6) is 0. The van der Waals surface area contributed by atoms with Gasteiger partial charge in [-0.1, -0.05) is 25.3 Å². The first-order valence-corrected chi connectivity index (χ1v) is 7.60. The van der Waals surface area contributed by atoms with Gasteiger partial charge in [0.1, 0.15) is 0 Å². The third kappa shape index (κ3) is 4.09. The zero-order chi connectivity index (χ0) is 12.1. The van der Waals surface area contributed by atoms with Gasteiger partial charge in [0, 0.05) is 17.0 Å². The molecule has 2 rings (SSSR count). The fourth-order valence-corrected chi connectivity index (χ4v) is 3.47. The third-order valence-electron chi connectivity index (χ3n) is 3.57. The van der Waals surface area contributed by atoms with Crippen molar-refractivity contribution in [1.29, 1.82) is 0 Å². The number of nitrogens with one attached hydrogen (secondary N) is 1. The molecule has 1 aromatic heterocycles. The van der Waals surface area contributed by atoms with E-state index in [0.717, 1.165) is 19.3 Å². The van der Waals surface area contributed by atoms with Crippen LogP contribution in [0.1, 0.15) is 43.9 Å². The number of aliphatic hydroxyl groups excluding tert-OH is 1. The molecule has 0 bridgehead atoms. The summed E-state index contributed by atoms with van der Waals surface area (Å²) in [6.45, 7) is 2.22. The predicted octanol–water partition coefficient (Wildman–Crippen LogP) is 2.96. The Bertz CT molecular complexity index is 312. The molecule has 96 valence electrons. The van der Waals surface area contributed by atoms with Crippen LogP contribution in [0.2, 0.25) is 0 Å². The molecule has 17 heavy (non-hydrogen) atoms. The third-order valence-corrected chi connectivity index (χ3v) is 4.46. The summed E-state index contributed by atoms with van der Waals surface area (Å²) in [7, 11) is 0. The molecular formula is C14H23NOS. The highest BCUT2D eigenvalue weighted by molar-refractivity contribution is 7.09. The average Bonchev–Trinajstić information content (AvgIpc) is 2.71. The molecule has 0 aliphatic heterocycles. The molecule has 1 fully saturated rings. The van der Waals surface area contributed by atoms with E-state index in [4.69, 9.17) is 0 Å². The molecule has 1 aliphatic carbocycles. The van der Waals surface area contributed by atoms with Gasteiger partial charge in [0.05, 0.1) is 6.10 Å². The second-order valence-electron chi connectivity index (χ2n) is 5.16. The van der Waals surface area contributed by atoms with Crippen LogP contribution in [0.4, 0.5) is 0 Å². The zero-order valence-corrected chi connectivity index (χ0v) is 11.4. The largest absolute Gasteiger partial charge is 0.392 e. The summed E-state index contributed by atoms with van der Waals surface area (Å²) < 4.78 is 0. The van der Waals surface area contributed by atoms with Crippen LogP contribution in [0.5, 0.6) is 0 Å². The molecular weight excluding hydrogens is 230 g/mol. The van der Waals surface area contributed by atoms with Crippen molar-refractivity contribution in [2.45, 2.75) is 63.6 Å². The van der Waals surface area contributed by atoms with Gasteiger partial charge in [-0.15, -0.1) is 11.3 Å². The van der Waals surface area contributed by atoms with E-state index < -0.39 is 0 Å². The van der Waals surface area contributed by atoms with Gasteiger partial charge in [-0.25, -0.2) is 0 Å². The van der Waals surface area contributed by atoms with Gasteiger partial charge in [0.15, 0.2) is 0 Å². The molecule has 0 aromatic carbocycles. The van der Waals surface area contributed by atoms with E-state index in [1.807, 2.05) is 11.3 Å². The Balaban J connectivity index is 1.82. The van der Waals surface area contributed by atoms with Crippen LogP contribution in [0.25, 0.3) is 0 Å². The number of thiophene rings is 1. The number of hydrogen-bond donors (Lipinski definition) is 2. The molecule has 3 heteroatoms. The molecule has 3 unspecified atom stereocenters. The molecule has 1 aromatic rings. The number of aliphatic hydroxyl groups is 1. The van der Waals surface area contributed by atoms with Crippen molar-refractivity contribution >= 4 is 11.3 Å². The van der Waals surface area contributed by atoms with Crippen LogP contribution in [0.3, 0.4) is 0 Å².